The van der Waals surface area contributed by atoms with Gasteiger partial charge in [-0.1, -0.05) is 79.4 Å². The van der Waals surface area contributed by atoms with Crippen LogP contribution in [0.5, 0.6) is 0 Å². The molecule has 1 N–H and O–H groups in total. The lowest BCUT2D eigenvalue weighted by Gasteiger charge is -2.06. The summed E-state index contributed by atoms with van der Waals surface area (Å²) in [6.07, 6.45) is 14.1. The molecule has 0 saturated carbocycles. The highest BCUT2D eigenvalue weighted by atomic mass is 14.8. The fourth-order valence-electron chi connectivity index (χ4n) is 2.53. The van der Waals surface area contributed by atoms with Crippen LogP contribution in [0.25, 0.3) is 11.1 Å². The molecule has 0 heterocycles. The molecule has 0 amide bonds. The average molecular weight is 327 g/mol. The number of nitrogens with one attached hydrogen (secondary N) is 1. The van der Waals surface area contributed by atoms with Gasteiger partial charge in [-0.25, -0.2) is 0 Å². The first-order valence-corrected chi connectivity index (χ1v) is 8.49. The summed E-state index contributed by atoms with van der Waals surface area (Å²) in [6, 6.07) is 18.7. The molecule has 0 spiro atoms. The van der Waals surface area contributed by atoms with Crippen LogP contribution in [0, 0.1) is 0 Å². The third kappa shape index (κ3) is 5.50. The van der Waals surface area contributed by atoms with Gasteiger partial charge < -0.3 is 5.32 Å². The van der Waals surface area contributed by atoms with Crippen molar-refractivity contribution < 1.29 is 0 Å². The molecule has 1 nitrogen and oxygen atoms in total. The van der Waals surface area contributed by atoms with Crippen LogP contribution in [0.4, 0.5) is 5.69 Å². The van der Waals surface area contributed by atoms with Gasteiger partial charge in [-0.2, -0.15) is 0 Å². The summed E-state index contributed by atoms with van der Waals surface area (Å²) in [5, 5.41) is 3.33. The smallest absolute Gasteiger partial charge is 0.0380 e. The summed E-state index contributed by atoms with van der Waals surface area (Å²) in [5.74, 6) is 0. The Morgan fingerprint density at radius 3 is 2.12 bits per heavy atom. The van der Waals surface area contributed by atoms with Gasteiger partial charge in [-0.05, 0) is 54.3 Å². The van der Waals surface area contributed by atoms with Crippen LogP contribution in [-0.2, 0) is 0 Å². The van der Waals surface area contributed by atoms with Crippen molar-refractivity contribution in [2.45, 2.75) is 13.8 Å². The highest BCUT2D eigenvalue weighted by Gasteiger charge is 1.98. The van der Waals surface area contributed by atoms with E-state index in [0.717, 1.165) is 11.3 Å². The van der Waals surface area contributed by atoms with Crippen molar-refractivity contribution in [1.29, 1.82) is 0 Å². The van der Waals surface area contributed by atoms with Crippen molar-refractivity contribution in [1.82, 2.24) is 0 Å². The molecule has 0 radical (unpaired) electrons. The van der Waals surface area contributed by atoms with Gasteiger partial charge in [0.2, 0.25) is 0 Å². The van der Waals surface area contributed by atoms with Gasteiger partial charge in [0.25, 0.3) is 0 Å². The summed E-state index contributed by atoms with van der Waals surface area (Å²) in [6.45, 7) is 7.89. The highest BCUT2D eigenvalue weighted by molar-refractivity contribution is 5.76. The second kappa shape index (κ2) is 9.94. The SMILES string of the molecule is C=C/C=C(\C=C/Nc1ccc(C(/C=C\C)=C/C)cc1)c1ccccc1. The molecule has 0 aliphatic heterocycles. The first-order chi connectivity index (χ1) is 12.3. The lowest BCUT2D eigenvalue weighted by Crippen LogP contribution is -1.89. The van der Waals surface area contributed by atoms with Gasteiger partial charge >= 0.3 is 0 Å². The zero-order valence-corrected chi connectivity index (χ0v) is 14.9. The second-order valence-corrected chi connectivity index (χ2v) is 5.52. The standard InChI is InChI=1S/C24H25N/c1-4-10-20(6-3)23-14-16-24(17-15-23)25-19-18-21(11-5-2)22-12-8-7-9-13-22/h4-19,25H,2H2,1,3H3/b10-4-,19-18-,20-6+,21-11+. The van der Waals surface area contributed by atoms with Gasteiger partial charge in [0.05, 0.1) is 0 Å². The molecular formula is C24H25N. The van der Waals surface area contributed by atoms with Crippen LogP contribution in [-0.4, -0.2) is 0 Å². The van der Waals surface area contributed by atoms with Crippen molar-refractivity contribution in [3.8, 4) is 0 Å². The van der Waals surface area contributed by atoms with Crippen LogP contribution < -0.4 is 5.32 Å². The molecule has 0 aromatic heterocycles. The lowest BCUT2D eigenvalue weighted by molar-refractivity contribution is 1.53. The predicted octanol–water partition coefficient (Wildman–Crippen LogP) is 6.86. The maximum absolute atomic E-state index is 3.80. The van der Waals surface area contributed by atoms with Crippen molar-refractivity contribution in [3.05, 3.63) is 115 Å². The Hall–Kier alpha value is -3.06. The minimum atomic E-state index is 1.06. The van der Waals surface area contributed by atoms with Crippen molar-refractivity contribution in [2.24, 2.45) is 0 Å². The van der Waals surface area contributed by atoms with E-state index >= 15 is 0 Å². The van der Waals surface area contributed by atoms with E-state index in [1.807, 2.05) is 37.4 Å². The van der Waals surface area contributed by atoms with Crippen LogP contribution in [0.3, 0.4) is 0 Å². The van der Waals surface area contributed by atoms with E-state index in [-0.39, 0.29) is 0 Å². The van der Waals surface area contributed by atoms with Gasteiger partial charge in [0.1, 0.15) is 0 Å². The predicted molar refractivity (Wildman–Crippen MR) is 112 cm³/mol. The van der Waals surface area contributed by atoms with E-state index in [0.29, 0.717) is 0 Å². The number of rotatable bonds is 7. The Kier molecular flexibility index (Phi) is 7.27. The zero-order valence-electron chi connectivity index (χ0n) is 14.9. The number of hydrogen-bond acceptors (Lipinski definition) is 1. The summed E-state index contributed by atoms with van der Waals surface area (Å²) in [7, 11) is 0. The van der Waals surface area contributed by atoms with Crippen LogP contribution in [0.2, 0.25) is 0 Å². The molecule has 2 aromatic carbocycles. The van der Waals surface area contributed by atoms with E-state index in [1.165, 1.54) is 16.7 Å². The first kappa shape index (κ1) is 18.3. The van der Waals surface area contributed by atoms with E-state index < -0.39 is 0 Å². The Balaban J connectivity index is 2.08. The molecule has 2 rings (SSSR count). The van der Waals surface area contributed by atoms with E-state index in [1.54, 1.807) is 6.08 Å². The fraction of sp³-hybridized carbons (Fsp3) is 0.0833. The maximum Gasteiger partial charge on any atom is 0.0380 e. The van der Waals surface area contributed by atoms with Crippen molar-refractivity contribution in [2.75, 3.05) is 5.32 Å². The number of benzene rings is 2. The van der Waals surface area contributed by atoms with E-state index in [4.69, 9.17) is 0 Å². The van der Waals surface area contributed by atoms with Crippen LogP contribution in [0.1, 0.15) is 25.0 Å². The molecule has 0 unspecified atom stereocenters. The van der Waals surface area contributed by atoms with Gasteiger partial charge in [0, 0.05) is 11.9 Å². The summed E-state index contributed by atoms with van der Waals surface area (Å²) >= 11 is 0. The van der Waals surface area contributed by atoms with Gasteiger partial charge in [-0.15, -0.1) is 0 Å². The minimum absolute atomic E-state index is 1.06. The summed E-state index contributed by atoms with van der Waals surface area (Å²) in [4.78, 5) is 0. The minimum Gasteiger partial charge on any atom is -0.362 e. The highest BCUT2D eigenvalue weighted by Crippen LogP contribution is 2.19. The van der Waals surface area contributed by atoms with E-state index in [9.17, 15) is 0 Å². The molecule has 1 heteroatoms. The van der Waals surface area contributed by atoms with Crippen LogP contribution >= 0.6 is 0 Å². The van der Waals surface area contributed by atoms with Crippen LogP contribution in [0.15, 0.2) is 104 Å². The maximum atomic E-state index is 3.80. The van der Waals surface area contributed by atoms with Gasteiger partial charge in [0.15, 0.2) is 0 Å². The Bertz CT molecular complexity index is 788. The van der Waals surface area contributed by atoms with Crippen molar-refractivity contribution in [3.63, 3.8) is 0 Å². The molecule has 0 atom stereocenters. The monoisotopic (exact) mass is 327 g/mol. The zero-order chi connectivity index (χ0) is 17.9. The lowest BCUT2D eigenvalue weighted by atomic mass is 10.0. The molecule has 0 aliphatic rings. The Morgan fingerprint density at radius 2 is 1.52 bits per heavy atom. The van der Waals surface area contributed by atoms with Gasteiger partial charge in [-0.3, -0.25) is 0 Å². The fourth-order valence-corrected chi connectivity index (χ4v) is 2.53. The number of hydrogen-bond donors (Lipinski definition) is 1. The Labute approximate surface area is 151 Å². The third-order valence-corrected chi connectivity index (χ3v) is 3.79. The quantitative estimate of drug-likeness (QED) is 0.548. The average Bonchev–Trinajstić information content (AvgIpc) is 2.67. The third-order valence-electron chi connectivity index (χ3n) is 3.79. The summed E-state index contributed by atoms with van der Waals surface area (Å²) in [5.41, 5.74) is 5.78. The Morgan fingerprint density at radius 1 is 0.840 bits per heavy atom. The molecule has 0 saturated heterocycles. The van der Waals surface area contributed by atoms with E-state index in [2.05, 4.69) is 79.5 Å². The first-order valence-electron chi connectivity index (χ1n) is 8.49. The molecule has 0 bridgehead atoms. The molecule has 0 fully saturated rings. The molecular weight excluding hydrogens is 302 g/mol. The number of anilines is 1. The molecule has 2 aromatic rings. The summed E-state index contributed by atoms with van der Waals surface area (Å²) < 4.78 is 0. The topological polar surface area (TPSA) is 12.0 Å². The number of allylic oxidation sites excluding steroid dienone is 8. The molecule has 126 valence electrons. The largest absolute Gasteiger partial charge is 0.362 e. The normalized spacial score (nSPS) is 12.7. The molecule has 0 aliphatic carbocycles. The van der Waals surface area contributed by atoms with Crippen molar-refractivity contribution >= 4 is 16.8 Å². The molecule has 25 heavy (non-hydrogen) atoms. The second-order valence-electron chi connectivity index (χ2n) is 5.52.